The maximum absolute atomic E-state index is 13.0. The van der Waals surface area contributed by atoms with Crippen molar-refractivity contribution in [2.45, 2.75) is 57.2 Å². The smallest absolute Gasteiger partial charge is 0.477 e. The second kappa shape index (κ2) is 9.82. The van der Waals surface area contributed by atoms with Crippen molar-refractivity contribution in [1.29, 1.82) is 0 Å². The number of aliphatic hydroxyl groups excluding tert-OH is 1. The number of thioether (sulfide) groups is 1. The minimum Gasteiger partial charge on any atom is -0.477 e. The van der Waals surface area contributed by atoms with E-state index in [1.54, 1.807) is 6.33 Å². The van der Waals surface area contributed by atoms with Gasteiger partial charge in [0.05, 0.1) is 36.2 Å². The molecule has 1 saturated heterocycles. The molecule has 0 spiro atoms. The zero-order chi connectivity index (χ0) is 25.5. The molecule has 35 heavy (non-hydrogen) atoms. The van der Waals surface area contributed by atoms with Crippen molar-refractivity contribution in [3.05, 3.63) is 23.1 Å². The molecular formula is C23H29N3O7S2. The number of carbonyl (C=O) groups is 3. The van der Waals surface area contributed by atoms with Crippen LogP contribution in [0.2, 0.25) is 0 Å². The predicted octanol–water partition coefficient (Wildman–Crippen LogP) is 3.48. The zero-order valence-electron chi connectivity index (χ0n) is 20.0. The lowest BCUT2D eigenvalue weighted by Gasteiger charge is -2.50. The molecule has 10 nitrogen and oxygen atoms in total. The maximum Gasteiger partial charge on any atom is 0.508 e. The van der Waals surface area contributed by atoms with Crippen molar-refractivity contribution >= 4 is 51.5 Å². The van der Waals surface area contributed by atoms with Gasteiger partial charge < -0.3 is 24.6 Å². The highest BCUT2D eigenvalue weighted by atomic mass is 32.2. The van der Waals surface area contributed by atoms with Gasteiger partial charge in [0.1, 0.15) is 21.9 Å². The fourth-order valence-electron chi connectivity index (χ4n) is 5.05. The van der Waals surface area contributed by atoms with Crippen LogP contribution in [0.15, 0.2) is 23.2 Å². The highest BCUT2D eigenvalue weighted by molar-refractivity contribution is 7.98. The molecule has 0 bridgehead atoms. The normalized spacial score (nSPS) is 24.5. The average Bonchev–Trinajstić information content (AvgIpc) is 3.42. The van der Waals surface area contributed by atoms with Gasteiger partial charge in [0, 0.05) is 17.2 Å². The summed E-state index contributed by atoms with van der Waals surface area (Å²) in [4.78, 5) is 44.6. The number of carboxylic acids is 1. The minimum atomic E-state index is -1.22. The number of unbranched alkanes of at least 4 members (excludes halogenated alkanes) is 1. The Balaban J connectivity index is 1.72. The van der Waals surface area contributed by atoms with Crippen LogP contribution in [-0.2, 0) is 19.1 Å². The van der Waals surface area contributed by atoms with Crippen LogP contribution in [0.1, 0.15) is 44.9 Å². The Morgan fingerprint density at radius 3 is 2.69 bits per heavy atom. The average molecular weight is 524 g/mol. The van der Waals surface area contributed by atoms with Crippen LogP contribution >= 0.6 is 23.1 Å². The number of nitrogens with zero attached hydrogens (tertiary/aromatic N) is 3. The van der Waals surface area contributed by atoms with Crippen LogP contribution < -0.4 is 0 Å². The summed E-state index contributed by atoms with van der Waals surface area (Å²) in [5.74, 6) is -2.39. The minimum absolute atomic E-state index is 0.0230. The van der Waals surface area contributed by atoms with Crippen molar-refractivity contribution in [3.63, 3.8) is 0 Å². The number of fused-ring (bicyclic) bond motifs is 2. The lowest BCUT2D eigenvalue weighted by molar-refractivity contribution is -0.167. The first-order chi connectivity index (χ1) is 16.7. The second-order valence-electron chi connectivity index (χ2n) is 8.98. The number of carbonyl (C=O) groups excluding carboxylic acids is 2. The van der Waals surface area contributed by atoms with Crippen molar-refractivity contribution < 1.29 is 34.1 Å². The van der Waals surface area contributed by atoms with Gasteiger partial charge in [-0.2, -0.15) is 0 Å². The quantitative estimate of drug-likeness (QED) is 0.208. The molecule has 1 fully saturated rings. The molecule has 1 amide bonds. The number of aliphatic hydroxyl groups is 1. The molecule has 2 N–H and O–H groups in total. The summed E-state index contributed by atoms with van der Waals surface area (Å²) in [7, 11) is 0. The van der Waals surface area contributed by atoms with E-state index >= 15 is 0 Å². The number of aromatic nitrogens is 2. The van der Waals surface area contributed by atoms with Crippen molar-refractivity contribution in [3.8, 4) is 0 Å². The van der Waals surface area contributed by atoms with E-state index in [2.05, 4.69) is 4.98 Å². The molecule has 4 rings (SSSR count). The lowest BCUT2D eigenvalue weighted by atomic mass is 9.66. The highest BCUT2D eigenvalue weighted by Gasteiger charge is 2.66. The third-order valence-electron chi connectivity index (χ3n) is 6.74. The van der Waals surface area contributed by atoms with Gasteiger partial charge in [0.15, 0.2) is 0 Å². The van der Waals surface area contributed by atoms with Crippen LogP contribution in [0.5, 0.6) is 0 Å². The number of rotatable bonds is 10. The van der Waals surface area contributed by atoms with E-state index < -0.39 is 41.5 Å². The number of imidazole rings is 1. The Morgan fingerprint density at radius 2 is 2.06 bits per heavy atom. The fraction of sp³-hybridized carbons (Fsp3) is 0.565. The summed E-state index contributed by atoms with van der Waals surface area (Å²) in [6, 6.07) is -0.574. The molecule has 12 heteroatoms. The molecule has 0 unspecified atom stereocenters. The zero-order valence-corrected chi connectivity index (χ0v) is 21.6. The van der Waals surface area contributed by atoms with E-state index in [0.29, 0.717) is 10.5 Å². The Hall–Kier alpha value is -2.57. The van der Waals surface area contributed by atoms with Gasteiger partial charge in [0.25, 0.3) is 0 Å². The van der Waals surface area contributed by atoms with Gasteiger partial charge >= 0.3 is 12.1 Å². The molecule has 4 heterocycles. The molecule has 0 aliphatic carbocycles. The number of aliphatic carboxylic acids is 1. The summed E-state index contributed by atoms with van der Waals surface area (Å²) in [6.45, 7) is 5.63. The Labute approximate surface area is 210 Å². The van der Waals surface area contributed by atoms with Gasteiger partial charge in [-0.25, -0.2) is 14.6 Å². The summed E-state index contributed by atoms with van der Waals surface area (Å²) in [6.07, 6.45) is 5.53. The monoisotopic (exact) mass is 523 g/mol. The molecule has 0 saturated carbocycles. The number of hydrogen-bond donors (Lipinski definition) is 2. The number of hydrogen-bond acceptors (Lipinski definition) is 9. The van der Waals surface area contributed by atoms with Crippen LogP contribution in [0.3, 0.4) is 0 Å². The highest BCUT2D eigenvalue weighted by Crippen LogP contribution is 2.60. The van der Waals surface area contributed by atoms with Gasteiger partial charge in [-0.05, 0) is 26.0 Å². The summed E-state index contributed by atoms with van der Waals surface area (Å²) >= 11 is 2.89. The molecule has 4 atom stereocenters. The SMILES string of the molecule is CCCCOC(=O)OCC[C@@]1(C)C(c2cn3cnc(SC)c3s2)=C(C(=O)O)N2C(=O)[C@H]([C@@H](C)O)[C@@H]21. The lowest BCUT2D eigenvalue weighted by Crippen LogP contribution is -2.66. The first-order valence-corrected chi connectivity index (χ1v) is 13.5. The molecule has 2 aliphatic heterocycles. The molecule has 2 aromatic heterocycles. The fourth-order valence-corrected chi connectivity index (χ4v) is 7.01. The molecule has 0 radical (unpaired) electrons. The number of thiazole rings is 1. The number of ether oxygens (including phenoxy) is 2. The number of carboxylic acid groups (broad SMARTS) is 1. The third-order valence-corrected chi connectivity index (χ3v) is 8.69. The first-order valence-electron chi connectivity index (χ1n) is 11.4. The van der Waals surface area contributed by atoms with Crippen LogP contribution in [0.25, 0.3) is 10.4 Å². The Morgan fingerprint density at radius 1 is 1.34 bits per heavy atom. The largest absolute Gasteiger partial charge is 0.508 e. The molecule has 190 valence electrons. The summed E-state index contributed by atoms with van der Waals surface area (Å²) in [5.41, 5.74) is -0.480. The Bertz CT molecular complexity index is 1190. The first kappa shape index (κ1) is 25.5. The van der Waals surface area contributed by atoms with Crippen LogP contribution in [-0.4, -0.2) is 74.1 Å². The van der Waals surface area contributed by atoms with E-state index in [4.69, 9.17) is 9.47 Å². The number of amides is 1. The second-order valence-corrected chi connectivity index (χ2v) is 10.8. The van der Waals surface area contributed by atoms with Gasteiger partial charge in [-0.1, -0.05) is 20.3 Å². The predicted molar refractivity (Wildman–Crippen MR) is 130 cm³/mol. The van der Waals surface area contributed by atoms with Gasteiger partial charge in [-0.3, -0.25) is 9.20 Å². The van der Waals surface area contributed by atoms with Crippen molar-refractivity contribution in [1.82, 2.24) is 14.3 Å². The molecule has 0 aromatic carbocycles. The van der Waals surface area contributed by atoms with Gasteiger partial charge in [0.2, 0.25) is 5.91 Å². The van der Waals surface area contributed by atoms with Crippen LogP contribution in [0.4, 0.5) is 4.79 Å². The van der Waals surface area contributed by atoms with E-state index in [1.165, 1.54) is 34.9 Å². The molecule has 2 aromatic rings. The number of β-lactam (4-membered cyclic amide) rings is 1. The topological polar surface area (TPSA) is 131 Å². The third kappa shape index (κ3) is 4.21. The standard InChI is InChI=1S/C23H29N3O7S2/c1-5-6-8-32-22(31)33-9-7-23(3)15(13-10-25-11-24-18(34-4)20(25)35-13)16(21(29)30)26-17(23)14(12(2)27)19(26)28/h10-12,14,17,27H,5-9H2,1-4H3,(H,29,30)/t12-,14-,17-,23+/m1/s1. The molecule has 2 aliphatic rings. The van der Waals surface area contributed by atoms with E-state index in [1.807, 2.05) is 30.7 Å². The Kier molecular flexibility index (Phi) is 7.16. The summed E-state index contributed by atoms with van der Waals surface area (Å²) < 4.78 is 12.2. The van der Waals surface area contributed by atoms with Crippen molar-refractivity contribution in [2.75, 3.05) is 19.5 Å². The van der Waals surface area contributed by atoms with E-state index in [-0.39, 0.29) is 25.3 Å². The van der Waals surface area contributed by atoms with Crippen LogP contribution in [0, 0.1) is 11.3 Å². The van der Waals surface area contributed by atoms with Gasteiger partial charge in [-0.15, -0.1) is 23.1 Å². The maximum atomic E-state index is 13.0. The van der Waals surface area contributed by atoms with E-state index in [9.17, 15) is 24.6 Å². The van der Waals surface area contributed by atoms with E-state index in [0.717, 1.165) is 22.7 Å². The summed E-state index contributed by atoms with van der Waals surface area (Å²) in [5, 5.41) is 21.3. The molecular weight excluding hydrogens is 494 g/mol. The van der Waals surface area contributed by atoms with Crippen molar-refractivity contribution in [2.24, 2.45) is 11.3 Å².